The average molecular weight is 315 g/mol. The summed E-state index contributed by atoms with van der Waals surface area (Å²) in [6, 6.07) is 5.75. The van der Waals surface area contributed by atoms with Crippen LogP contribution < -0.4 is 0 Å². The van der Waals surface area contributed by atoms with Crippen molar-refractivity contribution in [2.75, 3.05) is 19.7 Å². The number of nitrogens with one attached hydrogen (secondary N) is 1. The molecular weight excluding hydrogens is 294 g/mol. The summed E-state index contributed by atoms with van der Waals surface area (Å²) < 4.78 is 5.71. The molecule has 2 aromatic heterocycles. The molecule has 3 heterocycles. The predicted octanol–water partition coefficient (Wildman–Crippen LogP) is 1.29. The highest BCUT2D eigenvalue weighted by Crippen LogP contribution is 2.20. The number of hydrogen-bond acceptors (Lipinski definition) is 5. The molecule has 1 amide bonds. The normalized spacial score (nSPS) is 18.1. The quantitative estimate of drug-likeness (QED) is 0.899. The number of carbonyl (C=O) groups is 1. The molecular formula is C16H21N5O2. The van der Waals surface area contributed by atoms with Gasteiger partial charge in [-0.25, -0.2) is 4.98 Å². The SMILES string of the molecule is CCc1nc([C@@H]2CN(C(=O)CCc3ccccn3)CCO2)n[nH]1. The highest BCUT2D eigenvalue weighted by molar-refractivity contribution is 5.76. The van der Waals surface area contributed by atoms with Gasteiger partial charge in [0.15, 0.2) is 5.82 Å². The molecule has 1 fully saturated rings. The number of aryl methyl sites for hydroxylation is 2. The molecule has 1 aliphatic rings. The first-order valence-corrected chi connectivity index (χ1v) is 7.96. The van der Waals surface area contributed by atoms with Crippen LogP contribution in [0.15, 0.2) is 24.4 Å². The number of H-pyrrole nitrogens is 1. The van der Waals surface area contributed by atoms with Crippen molar-refractivity contribution in [3.05, 3.63) is 41.7 Å². The van der Waals surface area contributed by atoms with Gasteiger partial charge in [-0.1, -0.05) is 13.0 Å². The number of morpholine rings is 1. The van der Waals surface area contributed by atoms with Gasteiger partial charge in [0, 0.05) is 31.3 Å². The molecule has 1 saturated heterocycles. The molecule has 0 unspecified atom stereocenters. The third-order valence-electron chi connectivity index (χ3n) is 3.91. The van der Waals surface area contributed by atoms with Gasteiger partial charge in [0.1, 0.15) is 11.9 Å². The van der Waals surface area contributed by atoms with E-state index in [1.807, 2.05) is 30.0 Å². The van der Waals surface area contributed by atoms with E-state index in [0.29, 0.717) is 38.4 Å². The minimum atomic E-state index is -0.251. The maximum Gasteiger partial charge on any atom is 0.223 e. The Morgan fingerprint density at radius 1 is 1.48 bits per heavy atom. The van der Waals surface area contributed by atoms with Gasteiger partial charge in [0.25, 0.3) is 0 Å². The standard InChI is InChI=1S/C16H21N5O2/c1-2-14-18-16(20-19-14)13-11-21(9-10-23-13)15(22)7-6-12-5-3-4-8-17-12/h3-5,8,13H,2,6-7,9-11H2,1H3,(H,18,19,20)/t13-/m0/s1. The van der Waals surface area contributed by atoms with Gasteiger partial charge in [0.05, 0.1) is 13.2 Å². The number of aromatic nitrogens is 4. The molecule has 2 aromatic rings. The number of pyridine rings is 1. The fourth-order valence-corrected chi connectivity index (χ4v) is 2.58. The fourth-order valence-electron chi connectivity index (χ4n) is 2.58. The van der Waals surface area contributed by atoms with Crippen LogP contribution in [0, 0.1) is 0 Å². The van der Waals surface area contributed by atoms with Crippen LogP contribution in [0.3, 0.4) is 0 Å². The number of nitrogens with zero attached hydrogens (tertiary/aromatic N) is 4. The second kappa shape index (κ2) is 7.32. The zero-order chi connectivity index (χ0) is 16.1. The first-order valence-electron chi connectivity index (χ1n) is 7.96. The minimum absolute atomic E-state index is 0.121. The zero-order valence-electron chi connectivity index (χ0n) is 13.2. The van der Waals surface area contributed by atoms with Gasteiger partial charge >= 0.3 is 0 Å². The molecule has 0 saturated carbocycles. The number of carbonyl (C=O) groups excluding carboxylic acids is 1. The van der Waals surface area contributed by atoms with Crippen LogP contribution in [-0.2, 0) is 22.4 Å². The molecule has 122 valence electrons. The van der Waals surface area contributed by atoms with Crippen LogP contribution in [-0.4, -0.2) is 50.7 Å². The Labute approximate surface area is 135 Å². The molecule has 0 bridgehead atoms. The summed E-state index contributed by atoms with van der Waals surface area (Å²) in [5.74, 6) is 1.58. The summed E-state index contributed by atoms with van der Waals surface area (Å²) >= 11 is 0. The van der Waals surface area contributed by atoms with E-state index in [1.54, 1.807) is 6.20 Å². The maximum atomic E-state index is 12.4. The molecule has 1 N–H and O–H groups in total. The first-order chi connectivity index (χ1) is 11.3. The summed E-state index contributed by atoms with van der Waals surface area (Å²) in [5.41, 5.74) is 0.937. The van der Waals surface area contributed by atoms with E-state index in [9.17, 15) is 4.79 Å². The van der Waals surface area contributed by atoms with Gasteiger partial charge < -0.3 is 9.64 Å². The summed E-state index contributed by atoms with van der Waals surface area (Å²) in [6.45, 7) is 3.64. The van der Waals surface area contributed by atoms with E-state index >= 15 is 0 Å². The first kappa shape index (κ1) is 15.6. The predicted molar refractivity (Wildman–Crippen MR) is 83.6 cm³/mol. The maximum absolute atomic E-state index is 12.4. The summed E-state index contributed by atoms with van der Waals surface area (Å²) in [5, 5.41) is 7.08. The second-order valence-electron chi connectivity index (χ2n) is 5.51. The van der Waals surface area contributed by atoms with Gasteiger partial charge in [-0.3, -0.25) is 14.9 Å². The molecule has 0 aliphatic carbocycles. The van der Waals surface area contributed by atoms with Crippen molar-refractivity contribution >= 4 is 5.91 Å². The van der Waals surface area contributed by atoms with Gasteiger partial charge in [-0.2, -0.15) is 5.10 Å². The van der Waals surface area contributed by atoms with E-state index in [4.69, 9.17) is 4.74 Å². The van der Waals surface area contributed by atoms with Crippen molar-refractivity contribution in [3.8, 4) is 0 Å². The molecule has 7 heteroatoms. The highest BCUT2D eigenvalue weighted by Gasteiger charge is 2.27. The Balaban J connectivity index is 1.56. The number of amides is 1. The summed E-state index contributed by atoms with van der Waals surface area (Å²) in [4.78, 5) is 22.9. The monoisotopic (exact) mass is 315 g/mol. The van der Waals surface area contributed by atoms with Crippen molar-refractivity contribution in [2.45, 2.75) is 32.3 Å². The molecule has 1 aliphatic heterocycles. The van der Waals surface area contributed by atoms with Gasteiger partial charge in [-0.15, -0.1) is 0 Å². The van der Waals surface area contributed by atoms with Crippen LogP contribution in [0.1, 0.15) is 36.8 Å². The van der Waals surface area contributed by atoms with Crippen LogP contribution in [0.25, 0.3) is 0 Å². The van der Waals surface area contributed by atoms with Crippen LogP contribution in [0.5, 0.6) is 0 Å². The van der Waals surface area contributed by atoms with Crippen molar-refractivity contribution < 1.29 is 9.53 Å². The molecule has 23 heavy (non-hydrogen) atoms. The lowest BCUT2D eigenvalue weighted by Gasteiger charge is -2.31. The van der Waals surface area contributed by atoms with Crippen molar-refractivity contribution in [3.63, 3.8) is 0 Å². The lowest BCUT2D eigenvalue weighted by Crippen LogP contribution is -2.42. The Morgan fingerprint density at radius 3 is 3.13 bits per heavy atom. The molecule has 7 nitrogen and oxygen atoms in total. The van der Waals surface area contributed by atoms with Crippen LogP contribution >= 0.6 is 0 Å². The zero-order valence-corrected chi connectivity index (χ0v) is 13.2. The number of ether oxygens (including phenoxy) is 1. The summed E-state index contributed by atoms with van der Waals surface area (Å²) in [6.07, 6.45) is 3.41. The fraction of sp³-hybridized carbons (Fsp3) is 0.500. The van der Waals surface area contributed by atoms with E-state index in [1.165, 1.54) is 0 Å². The Bertz CT molecular complexity index is 643. The van der Waals surface area contributed by atoms with Crippen molar-refractivity contribution in [1.82, 2.24) is 25.1 Å². The second-order valence-corrected chi connectivity index (χ2v) is 5.51. The largest absolute Gasteiger partial charge is 0.366 e. The van der Waals surface area contributed by atoms with Crippen molar-refractivity contribution in [1.29, 1.82) is 0 Å². The molecule has 0 spiro atoms. The Hall–Kier alpha value is -2.28. The van der Waals surface area contributed by atoms with E-state index in [2.05, 4.69) is 20.2 Å². The minimum Gasteiger partial charge on any atom is -0.366 e. The Kier molecular flexibility index (Phi) is 4.97. The van der Waals surface area contributed by atoms with Crippen molar-refractivity contribution in [2.24, 2.45) is 0 Å². The Morgan fingerprint density at radius 2 is 2.39 bits per heavy atom. The summed E-state index contributed by atoms with van der Waals surface area (Å²) in [7, 11) is 0. The highest BCUT2D eigenvalue weighted by atomic mass is 16.5. The van der Waals surface area contributed by atoms with E-state index < -0.39 is 0 Å². The van der Waals surface area contributed by atoms with Crippen LogP contribution in [0.4, 0.5) is 0 Å². The van der Waals surface area contributed by atoms with Gasteiger partial charge in [0.2, 0.25) is 5.91 Å². The molecule has 1 atom stereocenters. The molecule has 3 rings (SSSR count). The number of aromatic amines is 1. The topological polar surface area (TPSA) is 84.0 Å². The van der Waals surface area contributed by atoms with E-state index in [0.717, 1.165) is 17.9 Å². The third-order valence-corrected chi connectivity index (χ3v) is 3.91. The average Bonchev–Trinajstić information content (AvgIpc) is 3.10. The lowest BCUT2D eigenvalue weighted by atomic mass is 10.2. The third kappa shape index (κ3) is 3.92. The number of hydrogen-bond donors (Lipinski definition) is 1. The number of rotatable bonds is 5. The van der Waals surface area contributed by atoms with Gasteiger partial charge in [-0.05, 0) is 18.6 Å². The smallest absolute Gasteiger partial charge is 0.223 e. The molecule has 0 radical (unpaired) electrons. The van der Waals surface area contributed by atoms with Crippen LogP contribution in [0.2, 0.25) is 0 Å². The van der Waals surface area contributed by atoms with E-state index in [-0.39, 0.29) is 12.0 Å². The lowest BCUT2D eigenvalue weighted by molar-refractivity contribution is -0.139. The molecule has 0 aromatic carbocycles.